The summed E-state index contributed by atoms with van der Waals surface area (Å²) in [7, 11) is 3.17. The van der Waals surface area contributed by atoms with Crippen molar-refractivity contribution in [1.29, 1.82) is 0 Å². The molecule has 2 aliphatic heterocycles. The highest BCUT2D eigenvalue weighted by molar-refractivity contribution is 7.13. The molecule has 196 valence electrons. The summed E-state index contributed by atoms with van der Waals surface area (Å²) in [5.74, 6) is 1.14. The maximum absolute atomic E-state index is 13.6. The standard InChI is InChI=1S/C27H33N5O4S/c1-17-23-24(22(16-28-26(23)37-30-17)27(34)32-9-5-4-6-10-32)31-11-7-18(8-12-31)25(33)29-19-13-20(35-2)15-21(14-19)36-3/h13-16,18H,4-12H2,1-3H3,(H,29,33). The number of benzene rings is 1. The van der Waals surface area contributed by atoms with Gasteiger partial charge in [-0.3, -0.25) is 9.59 Å². The molecule has 0 saturated carbocycles. The van der Waals surface area contributed by atoms with E-state index in [0.29, 0.717) is 48.7 Å². The predicted molar refractivity (Wildman–Crippen MR) is 145 cm³/mol. The van der Waals surface area contributed by atoms with Gasteiger partial charge in [-0.05, 0) is 50.6 Å². The topological polar surface area (TPSA) is 96.9 Å². The number of carbonyl (C=O) groups is 2. The average Bonchev–Trinajstić information content (AvgIpc) is 3.33. The minimum absolute atomic E-state index is 0.0205. The number of aryl methyl sites for hydroxylation is 1. The van der Waals surface area contributed by atoms with Crippen molar-refractivity contribution in [2.75, 3.05) is 50.6 Å². The molecule has 1 N–H and O–H groups in total. The van der Waals surface area contributed by atoms with Gasteiger partial charge in [-0.25, -0.2) is 4.98 Å². The molecule has 4 heterocycles. The van der Waals surface area contributed by atoms with Crippen LogP contribution in [0.3, 0.4) is 0 Å². The summed E-state index contributed by atoms with van der Waals surface area (Å²) in [6.07, 6.45) is 6.33. The number of methoxy groups -OCH3 is 2. The summed E-state index contributed by atoms with van der Waals surface area (Å²) >= 11 is 1.36. The van der Waals surface area contributed by atoms with Crippen molar-refractivity contribution in [3.63, 3.8) is 0 Å². The van der Waals surface area contributed by atoms with Gasteiger partial charge in [-0.2, -0.15) is 4.37 Å². The first-order valence-electron chi connectivity index (χ1n) is 12.8. The van der Waals surface area contributed by atoms with Gasteiger partial charge in [0.25, 0.3) is 5.91 Å². The second kappa shape index (κ2) is 10.9. The minimum Gasteiger partial charge on any atom is -0.497 e. The number of amides is 2. The Morgan fingerprint density at radius 2 is 1.68 bits per heavy atom. The third-order valence-electron chi connectivity index (χ3n) is 7.32. The molecular formula is C27H33N5O4S. The Morgan fingerprint density at radius 3 is 2.32 bits per heavy atom. The molecule has 0 unspecified atom stereocenters. The molecule has 0 spiro atoms. The second-order valence-corrected chi connectivity index (χ2v) is 10.4. The first kappa shape index (κ1) is 25.3. The number of anilines is 2. The number of aromatic nitrogens is 2. The van der Waals surface area contributed by atoms with Crippen molar-refractivity contribution in [2.24, 2.45) is 5.92 Å². The number of nitrogens with zero attached hydrogens (tertiary/aromatic N) is 4. The first-order chi connectivity index (χ1) is 18.0. The summed E-state index contributed by atoms with van der Waals surface area (Å²) < 4.78 is 15.2. The Bertz CT molecular complexity index is 1270. The van der Waals surface area contributed by atoms with E-state index in [1.165, 1.54) is 18.0 Å². The molecule has 2 fully saturated rings. The van der Waals surface area contributed by atoms with Crippen LogP contribution in [-0.4, -0.2) is 66.5 Å². The number of ether oxygens (including phenoxy) is 2. The summed E-state index contributed by atoms with van der Waals surface area (Å²) in [6.45, 7) is 4.90. The molecule has 2 saturated heterocycles. The first-order valence-corrected chi connectivity index (χ1v) is 13.6. The maximum atomic E-state index is 13.6. The fourth-order valence-corrected chi connectivity index (χ4v) is 6.03. The molecule has 0 atom stereocenters. The lowest BCUT2D eigenvalue weighted by atomic mass is 9.94. The zero-order chi connectivity index (χ0) is 25.9. The van der Waals surface area contributed by atoms with E-state index in [2.05, 4.69) is 19.6 Å². The predicted octanol–water partition coefficient (Wildman–Crippen LogP) is 4.50. The van der Waals surface area contributed by atoms with E-state index in [1.54, 1.807) is 38.6 Å². The normalized spacial score (nSPS) is 16.6. The molecule has 2 aromatic heterocycles. The number of likely N-dealkylation sites (tertiary alicyclic amines) is 1. The number of hydrogen-bond acceptors (Lipinski definition) is 8. The Balaban J connectivity index is 1.35. The monoisotopic (exact) mass is 523 g/mol. The fourth-order valence-electron chi connectivity index (χ4n) is 5.28. The Kier molecular flexibility index (Phi) is 7.45. The third kappa shape index (κ3) is 5.20. The summed E-state index contributed by atoms with van der Waals surface area (Å²) in [6, 6.07) is 5.34. The van der Waals surface area contributed by atoms with E-state index in [4.69, 9.17) is 9.47 Å². The van der Waals surface area contributed by atoms with Gasteiger partial charge in [-0.1, -0.05) is 0 Å². The second-order valence-electron chi connectivity index (χ2n) is 9.67. The molecule has 3 aromatic rings. The molecule has 2 amide bonds. The van der Waals surface area contributed by atoms with Crippen LogP contribution in [-0.2, 0) is 4.79 Å². The molecule has 2 aliphatic rings. The largest absolute Gasteiger partial charge is 0.497 e. The lowest BCUT2D eigenvalue weighted by Crippen LogP contribution is -2.40. The summed E-state index contributed by atoms with van der Waals surface area (Å²) in [5, 5.41) is 3.98. The Morgan fingerprint density at radius 1 is 1.00 bits per heavy atom. The van der Waals surface area contributed by atoms with Crippen molar-refractivity contribution < 1.29 is 19.1 Å². The molecule has 10 heteroatoms. The Hall–Kier alpha value is -3.40. The average molecular weight is 524 g/mol. The number of fused-ring (bicyclic) bond motifs is 1. The summed E-state index contributed by atoms with van der Waals surface area (Å²) in [5.41, 5.74) is 3.10. The van der Waals surface area contributed by atoms with Crippen molar-refractivity contribution in [1.82, 2.24) is 14.3 Å². The SMILES string of the molecule is COc1cc(NC(=O)C2CCN(c3c(C(=O)N4CCCCC4)cnc4snc(C)c34)CC2)cc(OC)c1. The molecule has 37 heavy (non-hydrogen) atoms. The number of nitrogens with one attached hydrogen (secondary N) is 1. The number of carbonyl (C=O) groups excluding carboxylic acids is 2. The Labute approximate surface area is 220 Å². The van der Waals surface area contributed by atoms with Crippen LogP contribution in [0.2, 0.25) is 0 Å². The highest BCUT2D eigenvalue weighted by Crippen LogP contribution is 2.37. The van der Waals surface area contributed by atoms with Gasteiger partial charge in [0.2, 0.25) is 5.91 Å². The lowest BCUT2D eigenvalue weighted by molar-refractivity contribution is -0.120. The van der Waals surface area contributed by atoms with Gasteiger partial charge < -0.3 is 24.6 Å². The third-order valence-corrected chi connectivity index (χ3v) is 8.17. The lowest BCUT2D eigenvalue weighted by Gasteiger charge is -2.35. The van der Waals surface area contributed by atoms with Crippen molar-refractivity contribution >= 4 is 44.9 Å². The van der Waals surface area contributed by atoms with Crippen molar-refractivity contribution in [3.8, 4) is 11.5 Å². The maximum Gasteiger partial charge on any atom is 0.257 e. The van der Waals surface area contributed by atoms with Crippen LogP contribution >= 0.6 is 11.5 Å². The number of piperidine rings is 2. The molecule has 1 aromatic carbocycles. The van der Waals surface area contributed by atoms with E-state index in [-0.39, 0.29) is 17.7 Å². The number of pyridine rings is 1. The van der Waals surface area contributed by atoms with Gasteiger partial charge in [-0.15, -0.1) is 0 Å². The number of hydrogen-bond donors (Lipinski definition) is 1. The zero-order valence-electron chi connectivity index (χ0n) is 21.6. The fraction of sp³-hybridized carbons (Fsp3) is 0.481. The summed E-state index contributed by atoms with van der Waals surface area (Å²) in [4.78, 5) is 36.3. The van der Waals surface area contributed by atoms with Crippen molar-refractivity contribution in [3.05, 3.63) is 35.7 Å². The van der Waals surface area contributed by atoms with E-state index in [9.17, 15) is 9.59 Å². The van der Waals surface area contributed by atoms with Crippen LogP contribution in [0.1, 0.15) is 48.2 Å². The van der Waals surface area contributed by atoms with Crippen LogP contribution in [0.25, 0.3) is 10.2 Å². The van der Waals surface area contributed by atoms with Crippen LogP contribution in [0.5, 0.6) is 11.5 Å². The van der Waals surface area contributed by atoms with Gasteiger partial charge in [0.1, 0.15) is 16.3 Å². The molecule has 0 radical (unpaired) electrons. The molecule has 5 rings (SSSR count). The molecule has 0 aliphatic carbocycles. The van der Waals surface area contributed by atoms with Gasteiger partial charge in [0.05, 0.1) is 36.6 Å². The van der Waals surface area contributed by atoms with E-state index in [1.807, 2.05) is 11.8 Å². The van der Waals surface area contributed by atoms with Gasteiger partial charge in [0.15, 0.2) is 0 Å². The molecule has 9 nitrogen and oxygen atoms in total. The quantitative estimate of drug-likeness (QED) is 0.508. The van der Waals surface area contributed by atoms with Gasteiger partial charge in [0, 0.05) is 62.2 Å². The highest BCUT2D eigenvalue weighted by Gasteiger charge is 2.31. The molecule has 0 bridgehead atoms. The minimum atomic E-state index is -0.131. The van der Waals surface area contributed by atoms with E-state index in [0.717, 1.165) is 47.5 Å². The van der Waals surface area contributed by atoms with Crippen LogP contribution in [0.4, 0.5) is 11.4 Å². The van der Waals surface area contributed by atoms with Crippen LogP contribution in [0, 0.1) is 12.8 Å². The van der Waals surface area contributed by atoms with Crippen LogP contribution < -0.4 is 19.7 Å². The van der Waals surface area contributed by atoms with Crippen LogP contribution in [0.15, 0.2) is 24.4 Å². The van der Waals surface area contributed by atoms with E-state index < -0.39 is 0 Å². The smallest absolute Gasteiger partial charge is 0.257 e. The number of rotatable bonds is 6. The highest BCUT2D eigenvalue weighted by atomic mass is 32.1. The zero-order valence-corrected chi connectivity index (χ0v) is 22.4. The van der Waals surface area contributed by atoms with Gasteiger partial charge >= 0.3 is 0 Å². The van der Waals surface area contributed by atoms with E-state index >= 15 is 0 Å². The van der Waals surface area contributed by atoms with Crippen molar-refractivity contribution in [2.45, 2.75) is 39.0 Å². The molecular weight excluding hydrogens is 490 g/mol.